The second-order valence-corrected chi connectivity index (χ2v) is 3.03. The van der Waals surface area contributed by atoms with E-state index in [0.717, 1.165) is 0 Å². The van der Waals surface area contributed by atoms with Crippen LogP contribution in [0.4, 0.5) is 0 Å². The van der Waals surface area contributed by atoms with Gasteiger partial charge in [-0.15, -0.1) is 0 Å². The topological polar surface area (TPSA) is 52.0 Å². The number of rotatable bonds is 0. The molecule has 0 saturated carbocycles. The van der Waals surface area contributed by atoms with Crippen LogP contribution >= 0.6 is 23.2 Å². The highest BCUT2D eigenvalue weighted by Gasteiger charge is 2.15. The molecule has 0 heterocycles. The Morgan fingerprint density at radius 2 is 1.30 bits per heavy atom. The van der Waals surface area contributed by atoms with E-state index in [4.69, 9.17) is 34.7 Å². The lowest BCUT2D eigenvalue weighted by Crippen LogP contribution is -2.28. The second-order valence-electron chi connectivity index (χ2n) is 2.15. The van der Waals surface area contributed by atoms with Crippen molar-refractivity contribution in [1.29, 1.82) is 0 Å². The summed E-state index contributed by atoms with van der Waals surface area (Å²) in [4.78, 5) is 0. The Morgan fingerprint density at radius 1 is 1.00 bits per heavy atom. The molecule has 0 bridgehead atoms. The minimum atomic E-state index is -0.283. The van der Waals surface area contributed by atoms with Crippen LogP contribution < -0.4 is 11.5 Å². The molecular formula is C6H8Cl2N2. The van der Waals surface area contributed by atoms with Crippen molar-refractivity contribution in [3.8, 4) is 0 Å². The standard InChI is InChI=1S/C6H8Cl2N2/c7-3-1-5(9)4(8)2-6(3)10/h1-2,5-6H,9-10H2. The molecule has 0 aromatic heterocycles. The SMILES string of the molecule is NC1C=C(Cl)C(N)C=C1Cl. The second kappa shape index (κ2) is 2.93. The first-order valence-corrected chi connectivity index (χ1v) is 3.62. The zero-order chi connectivity index (χ0) is 7.72. The fourth-order valence-corrected chi connectivity index (χ4v) is 1.12. The Morgan fingerprint density at radius 3 is 1.60 bits per heavy atom. The molecule has 0 amide bonds. The first kappa shape index (κ1) is 8.08. The fourth-order valence-electron chi connectivity index (χ4n) is 0.725. The van der Waals surface area contributed by atoms with Crippen LogP contribution in [0.25, 0.3) is 0 Å². The van der Waals surface area contributed by atoms with Crippen LogP contribution in [0.5, 0.6) is 0 Å². The molecule has 56 valence electrons. The number of hydrogen-bond acceptors (Lipinski definition) is 2. The Balaban J connectivity index is 2.81. The van der Waals surface area contributed by atoms with Crippen molar-refractivity contribution in [3.05, 3.63) is 22.2 Å². The fraction of sp³-hybridized carbons (Fsp3) is 0.333. The van der Waals surface area contributed by atoms with E-state index in [9.17, 15) is 0 Å². The van der Waals surface area contributed by atoms with Gasteiger partial charge in [-0.3, -0.25) is 0 Å². The first-order chi connectivity index (χ1) is 4.61. The van der Waals surface area contributed by atoms with Crippen molar-refractivity contribution in [2.24, 2.45) is 11.5 Å². The number of hydrogen-bond donors (Lipinski definition) is 2. The van der Waals surface area contributed by atoms with E-state index in [0.29, 0.717) is 10.1 Å². The quantitative estimate of drug-likeness (QED) is 0.580. The minimum Gasteiger partial charge on any atom is -0.320 e. The molecule has 0 aromatic carbocycles. The summed E-state index contributed by atoms with van der Waals surface area (Å²) in [5.74, 6) is 0. The molecule has 0 aromatic rings. The van der Waals surface area contributed by atoms with Crippen molar-refractivity contribution in [1.82, 2.24) is 0 Å². The molecule has 0 radical (unpaired) electrons. The van der Waals surface area contributed by atoms with Gasteiger partial charge in [0.05, 0.1) is 12.1 Å². The predicted molar refractivity (Wildman–Crippen MR) is 43.8 cm³/mol. The third-order valence-corrected chi connectivity index (χ3v) is 2.07. The van der Waals surface area contributed by atoms with Gasteiger partial charge in [0.25, 0.3) is 0 Å². The van der Waals surface area contributed by atoms with Crippen LogP contribution in [-0.2, 0) is 0 Å². The zero-order valence-corrected chi connectivity index (χ0v) is 6.73. The van der Waals surface area contributed by atoms with Gasteiger partial charge < -0.3 is 11.5 Å². The van der Waals surface area contributed by atoms with Crippen LogP contribution in [0.1, 0.15) is 0 Å². The summed E-state index contributed by atoms with van der Waals surface area (Å²) in [6.45, 7) is 0. The monoisotopic (exact) mass is 178 g/mol. The number of halogens is 2. The van der Waals surface area contributed by atoms with Crippen molar-refractivity contribution in [2.45, 2.75) is 12.1 Å². The molecule has 0 saturated heterocycles. The number of nitrogens with two attached hydrogens (primary N) is 2. The van der Waals surface area contributed by atoms with E-state index in [1.807, 2.05) is 0 Å². The van der Waals surface area contributed by atoms with Crippen molar-refractivity contribution in [3.63, 3.8) is 0 Å². The van der Waals surface area contributed by atoms with Crippen molar-refractivity contribution < 1.29 is 0 Å². The van der Waals surface area contributed by atoms with Gasteiger partial charge in [0, 0.05) is 10.1 Å². The van der Waals surface area contributed by atoms with Gasteiger partial charge in [-0.05, 0) is 12.2 Å². The van der Waals surface area contributed by atoms with Crippen LogP contribution in [0, 0.1) is 0 Å². The summed E-state index contributed by atoms with van der Waals surface area (Å²) in [6.07, 6.45) is 3.29. The first-order valence-electron chi connectivity index (χ1n) is 2.87. The molecule has 2 atom stereocenters. The summed E-state index contributed by atoms with van der Waals surface area (Å²) >= 11 is 11.4. The van der Waals surface area contributed by atoms with Gasteiger partial charge in [0.15, 0.2) is 0 Å². The maximum Gasteiger partial charge on any atom is 0.0601 e. The van der Waals surface area contributed by atoms with Crippen LogP contribution in [0.3, 0.4) is 0 Å². The largest absolute Gasteiger partial charge is 0.320 e. The van der Waals surface area contributed by atoms with Crippen LogP contribution in [0.15, 0.2) is 22.2 Å². The van der Waals surface area contributed by atoms with E-state index < -0.39 is 0 Å². The Labute approximate surface area is 69.5 Å². The molecule has 10 heavy (non-hydrogen) atoms. The molecule has 4 heteroatoms. The summed E-state index contributed by atoms with van der Waals surface area (Å²) in [6, 6.07) is -0.567. The Hall–Kier alpha value is -0.0200. The lowest BCUT2D eigenvalue weighted by molar-refractivity contribution is 0.895. The lowest BCUT2D eigenvalue weighted by Gasteiger charge is -2.16. The third-order valence-electron chi connectivity index (χ3n) is 1.31. The summed E-state index contributed by atoms with van der Waals surface area (Å²) in [7, 11) is 0. The summed E-state index contributed by atoms with van der Waals surface area (Å²) in [5.41, 5.74) is 11.0. The maximum absolute atomic E-state index is 5.68. The molecule has 0 aliphatic heterocycles. The van der Waals surface area contributed by atoms with E-state index in [-0.39, 0.29) is 12.1 Å². The molecule has 1 aliphatic carbocycles. The van der Waals surface area contributed by atoms with Gasteiger partial charge >= 0.3 is 0 Å². The Bertz CT molecular complexity index is 176. The van der Waals surface area contributed by atoms with Gasteiger partial charge in [-0.2, -0.15) is 0 Å². The average molecular weight is 179 g/mol. The van der Waals surface area contributed by atoms with E-state index >= 15 is 0 Å². The van der Waals surface area contributed by atoms with Crippen LogP contribution in [-0.4, -0.2) is 12.1 Å². The molecule has 0 spiro atoms. The normalized spacial score (nSPS) is 33.2. The van der Waals surface area contributed by atoms with Crippen molar-refractivity contribution in [2.75, 3.05) is 0 Å². The predicted octanol–water partition coefficient (Wildman–Crippen LogP) is 0.900. The maximum atomic E-state index is 5.68. The molecular weight excluding hydrogens is 171 g/mol. The molecule has 4 N–H and O–H groups in total. The summed E-state index contributed by atoms with van der Waals surface area (Å²) in [5, 5.41) is 1.11. The highest BCUT2D eigenvalue weighted by Crippen LogP contribution is 2.20. The molecule has 2 unspecified atom stereocenters. The van der Waals surface area contributed by atoms with Gasteiger partial charge in [-0.25, -0.2) is 0 Å². The van der Waals surface area contributed by atoms with Gasteiger partial charge in [-0.1, -0.05) is 23.2 Å². The zero-order valence-electron chi connectivity index (χ0n) is 5.22. The van der Waals surface area contributed by atoms with Gasteiger partial charge in [0.1, 0.15) is 0 Å². The molecule has 0 fully saturated rings. The van der Waals surface area contributed by atoms with Gasteiger partial charge in [0.2, 0.25) is 0 Å². The average Bonchev–Trinajstić information content (AvgIpc) is 1.84. The molecule has 2 nitrogen and oxygen atoms in total. The third kappa shape index (κ3) is 1.52. The van der Waals surface area contributed by atoms with Crippen LogP contribution in [0.2, 0.25) is 0 Å². The molecule has 1 rings (SSSR count). The minimum absolute atomic E-state index is 0.283. The lowest BCUT2D eigenvalue weighted by atomic mass is 10.1. The summed E-state index contributed by atoms with van der Waals surface area (Å²) < 4.78 is 0. The highest BCUT2D eigenvalue weighted by molar-refractivity contribution is 6.33. The highest BCUT2D eigenvalue weighted by atomic mass is 35.5. The smallest absolute Gasteiger partial charge is 0.0601 e. The van der Waals surface area contributed by atoms with E-state index in [1.54, 1.807) is 12.2 Å². The Kier molecular flexibility index (Phi) is 2.36. The van der Waals surface area contributed by atoms with E-state index in [1.165, 1.54) is 0 Å². The van der Waals surface area contributed by atoms with E-state index in [2.05, 4.69) is 0 Å². The molecule has 1 aliphatic rings. The van der Waals surface area contributed by atoms with Crippen molar-refractivity contribution >= 4 is 23.2 Å².